The third-order valence-electron chi connectivity index (χ3n) is 4.91. The number of para-hydroxylation sites is 1. The molecule has 27 heavy (non-hydrogen) atoms. The topological polar surface area (TPSA) is 88.0 Å². The molecule has 1 heterocycles. The highest BCUT2D eigenvalue weighted by atomic mass is 16.5. The average Bonchev–Trinajstić information content (AvgIpc) is 3.07. The summed E-state index contributed by atoms with van der Waals surface area (Å²) in [7, 11) is -0.234. The summed E-state index contributed by atoms with van der Waals surface area (Å²) >= 11 is 0. The molecule has 0 fully saturated rings. The highest BCUT2D eigenvalue weighted by Gasteiger charge is 2.35. The normalized spacial score (nSPS) is 17.6. The smallest absolute Gasteiger partial charge is 0.475 e. The minimum absolute atomic E-state index is 0.0234. The van der Waals surface area contributed by atoms with Crippen LogP contribution in [0.4, 0.5) is 0 Å². The molecule has 0 aliphatic carbocycles. The van der Waals surface area contributed by atoms with E-state index in [0.717, 1.165) is 16.9 Å². The van der Waals surface area contributed by atoms with E-state index in [1.807, 2.05) is 43.3 Å². The Kier molecular flexibility index (Phi) is 6.16. The highest BCUT2D eigenvalue weighted by molar-refractivity contribution is 6.43. The zero-order valence-corrected chi connectivity index (χ0v) is 15.5. The zero-order chi connectivity index (χ0) is 19.4. The number of nitrogens with one attached hydrogen (secondary N) is 1. The van der Waals surface area contributed by atoms with Crippen LogP contribution in [0.2, 0.25) is 0 Å². The summed E-state index contributed by atoms with van der Waals surface area (Å²) in [6, 6.07) is 15.0. The van der Waals surface area contributed by atoms with Crippen molar-refractivity contribution in [3.05, 3.63) is 65.2 Å². The van der Waals surface area contributed by atoms with Crippen LogP contribution in [-0.4, -0.2) is 42.7 Å². The summed E-state index contributed by atoms with van der Waals surface area (Å²) < 4.78 is 11.1. The maximum absolute atomic E-state index is 12.7. The number of benzene rings is 2. The Morgan fingerprint density at radius 3 is 2.67 bits per heavy atom. The molecular formula is C20H24BNO5. The Bertz CT molecular complexity index is 783. The second-order valence-corrected chi connectivity index (χ2v) is 6.79. The number of carbonyl (C=O) groups is 1. The van der Waals surface area contributed by atoms with Gasteiger partial charge in [0.25, 0.3) is 5.91 Å². The molecule has 2 aromatic rings. The van der Waals surface area contributed by atoms with Crippen LogP contribution in [0.3, 0.4) is 0 Å². The summed E-state index contributed by atoms with van der Waals surface area (Å²) in [5.74, 6) is -0.423. The Balaban J connectivity index is 1.72. The van der Waals surface area contributed by atoms with Gasteiger partial charge in [0.2, 0.25) is 0 Å². The molecule has 0 spiro atoms. The van der Waals surface area contributed by atoms with Gasteiger partial charge in [-0.15, -0.1) is 0 Å². The van der Waals surface area contributed by atoms with Crippen molar-refractivity contribution in [2.24, 2.45) is 0 Å². The van der Waals surface area contributed by atoms with Gasteiger partial charge in [0.15, 0.2) is 6.10 Å². The van der Waals surface area contributed by atoms with Gasteiger partial charge >= 0.3 is 7.12 Å². The fourth-order valence-electron chi connectivity index (χ4n) is 3.50. The molecule has 7 heteroatoms. The third-order valence-corrected chi connectivity index (χ3v) is 4.91. The lowest BCUT2D eigenvalue weighted by molar-refractivity contribution is -0.131. The maximum Gasteiger partial charge on any atom is 0.475 e. The monoisotopic (exact) mass is 369 g/mol. The number of hydrogen-bond donors (Lipinski definition) is 3. The van der Waals surface area contributed by atoms with Crippen molar-refractivity contribution < 1.29 is 24.3 Å². The molecule has 3 atom stereocenters. The molecule has 1 amide bonds. The first kappa shape index (κ1) is 19.4. The van der Waals surface area contributed by atoms with Gasteiger partial charge in [-0.2, -0.15) is 0 Å². The van der Waals surface area contributed by atoms with Crippen LogP contribution in [0.5, 0.6) is 5.75 Å². The molecule has 1 aliphatic heterocycles. The molecule has 142 valence electrons. The second kappa shape index (κ2) is 8.56. The van der Waals surface area contributed by atoms with Crippen molar-refractivity contribution in [1.29, 1.82) is 0 Å². The number of fused-ring (bicyclic) bond motifs is 1. The maximum atomic E-state index is 12.7. The van der Waals surface area contributed by atoms with Gasteiger partial charge in [-0.25, -0.2) is 0 Å². The SMILES string of the molecule is COC(C(=O)NC(CC1COc2c(C)cccc21)B(O)O)c1ccccc1. The standard InChI is InChI=1S/C20H24BNO5/c1-13-7-6-10-16-15(12-27-18(13)16)11-17(21(24)25)22-20(23)19(26-2)14-8-4-3-5-9-14/h3-10,15,17,19,24-25H,11-12H2,1-2H3,(H,22,23). The van der Waals surface area contributed by atoms with E-state index in [1.54, 1.807) is 12.1 Å². The first-order chi connectivity index (χ1) is 13.0. The molecule has 1 aliphatic rings. The summed E-state index contributed by atoms with van der Waals surface area (Å²) in [5, 5.41) is 22.3. The Morgan fingerprint density at radius 1 is 1.26 bits per heavy atom. The van der Waals surface area contributed by atoms with Crippen molar-refractivity contribution in [3.63, 3.8) is 0 Å². The number of rotatable bonds is 7. The van der Waals surface area contributed by atoms with E-state index in [4.69, 9.17) is 9.47 Å². The Hall–Kier alpha value is -2.35. The summed E-state index contributed by atoms with van der Waals surface area (Å²) in [6.45, 7) is 2.43. The first-order valence-corrected chi connectivity index (χ1v) is 8.97. The predicted octanol–water partition coefficient (Wildman–Crippen LogP) is 1.75. The third kappa shape index (κ3) is 4.32. The molecule has 3 N–H and O–H groups in total. The number of amides is 1. The molecule has 0 aromatic heterocycles. The van der Waals surface area contributed by atoms with Gasteiger partial charge < -0.3 is 24.8 Å². The lowest BCUT2D eigenvalue weighted by Gasteiger charge is -2.23. The van der Waals surface area contributed by atoms with E-state index in [2.05, 4.69) is 5.32 Å². The molecule has 3 unspecified atom stereocenters. The zero-order valence-electron chi connectivity index (χ0n) is 15.5. The Morgan fingerprint density at radius 2 is 2.00 bits per heavy atom. The number of hydrogen-bond acceptors (Lipinski definition) is 5. The summed E-state index contributed by atoms with van der Waals surface area (Å²) in [5.41, 5.74) is 2.78. The van der Waals surface area contributed by atoms with E-state index >= 15 is 0 Å². The quantitative estimate of drug-likeness (QED) is 0.648. The van der Waals surface area contributed by atoms with E-state index in [1.165, 1.54) is 7.11 Å². The molecule has 2 aromatic carbocycles. The highest BCUT2D eigenvalue weighted by Crippen LogP contribution is 2.38. The lowest BCUT2D eigenvalue weighted by Crippen LogP contribution is -2.49. The minimum Gasteiger partial charge on any atom is -0.492 e. The van der Waals surface area contributed by atoms with E-state index in [-0.39, 0.29) is 5.92 Å². The fourth-order valence-corrected chi connectivity index (χ4v) is 3.50. The molecule has 6 nitrogen and oxygen atoms in total. The number of methoxy groups -OCH3 is 1. The number of carbonyl (C=O) groups excluding carboxylic acids is 1. The average molecular weight is 369 g/mol. The molecule has 3 rings (SSSR count). The van der Waals surface area contributed by atoms with Gasteiger partial charge in [-0.05, 0) is 24.5 Å². The summed E-state index contributed by atoms with van der Waals surface area (Å²) in [6.07, 6.45) is -0.466. The van der Waals surface area contributed by atoms with E-state index < -0.39 is 25.1 Å². The van der Waals surface area contributed by atoms with Crippen molar-refractivity contribution in [2.45, 2.75) is 31.3 Å². The van der Waals surface area contributed by atoms with Gasteiger partial charge in [-0.3, -0.25) is 4.79 Å². The predicted molar refractivity (Wildman–Crippen MR) is 102 cm³/mol. The van der Waals surface area contributed by atoms with Crippen LogP contribution >= 0.6 is 0 Å². The molecule has 0 saturated heterocycles. The molecule has 0 radical (unpaired) electrons. The van der Waals surface area contributed by atoms with Crippen LogP contribution in [-0.2, 0) is 9.53 Å². The van der Waals surface area contributed by atoms with Gasteiger partial charge in [0, 0.05) is 18.6 Å². The van der Waals surface area contributed by atoms with Crippen LogP contribution in [0.25, 0.3) is 0 Å². The van der Waals surface area contributed by atoms with Crippen LogP contribution in [0, 0.1) is 6.92 Å². The van der Waals surface area contributed by atoms with Gasteiger partial charge in [0.1, 0.15) is 5.75 Å². The van der Waals surface area contributed by atoms with E-state index in [0.29, 0.717) is 18.6 Å². The van der Waals surface area contributed by atoms with Crippen molar-refractivity contribution in [3.8, 4) is 5.75 Å². The van der Waals surface area contributed by atoms with Crippen molar-refractivity contribution in [1.82, 2.24) is 5.32 Å². The molecule has 0 saturated carbocycles. The second-order valence-electron chi connectivity index (χ2n) is 6.79. The van der Waals surface area contributed by atoms with Crippen LogP contribution in [0.1, 0.15) is 35.1 Å². The largest absolute Gasteiger partial charge is 0.492 e. The van der Waals surface area contributed by atoms with Gasteiger partial charge in [0.05, 0.1) is 12.5 Å². The first-order valence-electron chi connectivity index (χ1n) is 8.97. The van der Waals surface area contributed by atoms with Crippen molar-refractivity contribution >= 4 is 13.0 Å². The number of ether oxygens (including phenoxy) is 2. The Labute approximate surface area is 159 Å². The van der Waals surface area contributed by atoms with Crippen molar-refractivity contribution in [2.75, 3.05) is 13.7 Å². The minimum atomic E-state index is -1.68. The fraction of sp³-hybridized carbons (Fsp3) is 0.350. The van der Waals surface area contributed by atoms with Crippen LogP contribution < -0.4 is 10.1 Å². The molecule has 0 bridgehead atoms. The van der Waals surface area contributed by atoms with E-state index in [9.17, 15) is 14.8 Å². The number of aryl methyl sites for hydroxylation is 1. The lowest BCUT2D eigenvalue weighted by atomic mass is 9.73. The van der Waals surface area contributed by atoms with Gasteiger partial charge in [-0.1, -0.05) is 48.5 Å². The summed E-state index contributed by atoms with van der Waals surface area (Å²) in [4.78, 5) is 12.7. The molecular weight excluding hydrogens is 345 g/mol. The van der Waals surface area contributed by atoms with Crippen LogP contribution in [0.15, 0.2) is 48.5 Å².